The lowest BCUT2D eigenvalue weighted by Crippen LogP contribution is -2.33. The molecule has 2 aliphatic rings. The zero-order chi connectivity index (χ0) is 21.6. The molecule has 1 atom stereocenters. The number of carbonyl (C=O) groups excluding carboxylic acids is 2. The summed E-state index contributed by atoms with van der Waals surface area (Å²) in [5.74, 6) is 0.430. The van der Waals surface area contributed by atoms with Gasteiger partial charge >= 0.3 is 0 Å². The second-order valence-electron chi connectivity index (χ2n) is 7.79. The Morgan fingerprint density at radius 3 is 2.74 bits per heavy atom. The highest BCUT2D eigenvalue weighted by Gasteiger charge is 2.27. The molecule has 1 aliphatic carbocycles. The van der Waals surface area contributed by atoms with Crippen molar-refractivity contribution in [3.05, 3.63) is 40.3 Å². The molecule has 0 radical (unpaired) electrons. The van der Waals surface area contributed by atoms with Crippen molar-refractivity contribution in [3.63, 3.8) is 0 Å². The summed E-state index contributed by atoms with van der Waals surface area (Å²) in [6.45, 7) is 4.19. The number of nitrogens with one attached hydrogen (secondary N) is 3. The molecule has 0 saturated carbocycles. The quantitative estimate of drug-likeness (QED) is 0.551. The van der Waals surface area contributed by atoms with E-state index in [9.17, 15) is 9.59 Å². The molecule has 166 valence electrons. The van der Waals surface area contributed by atoms with Crippen molar-refractivity contribution < 1.29 is 19.1 Å². The Labute approximate surface area is 186 Å². The lowest BCUT2D eigenvalue weighted by molar-refractivity contribution is -0.115. The van der Waals surface area contributed by atoms with Crippen LogP contribution in [0.15, 0.2) is 24.3 Å². The van der Waals surface area contributed by atoms with E-state index in [-0.39, 0.29) is 24.5 Å². The van der Waals surface area contributed by atoms with Crippen LogP contribution in [0.1, 0.15) is 47.0 Å². The summed E-state index contributed by atoms with van der Waals surface area (Å²) in [5.41, 5.74) is 2.36. The first kappa shape index (κ1) is 21.8. The Hall–Kier alpha value is -2.42. The fraction of sp³-hybridized carbons (Fsp3) is 0.478. The van der Waals surface area contributed by atoms with Crippen molar-refractivity contribution in [1.82, 2.24) is 5.32 Å². The maximum atomic E-state index is 13.1. The monoisotopic (exact) mass is 443 g/mol. The van der Waals surface area contributed by atoms with Gasteiger partial charge in [-0.2, -0.15) is 0 Å². The number of aryl methyl sites for hydroxylation is 1. The molecule has 8 heteroatoms. The van der Waals surface area contributed by atoms with E-state index in [4.69, 9.17) is 9.47 Å². The zero-order valence-electron chi connectivity index (χ0n) is 17.8. The van der Waals surface area contributed by atoms with Gasteiger partial charge < -0.3 is 25.4 Å². The highest BCUT2D eigenvalue weighted by molar-refractivity contribution is 7.17. The molecule has 7 nitrogen and oxygen atoms in total. The van der Waals surface area contributed by atoms with Crippen molar-refractivity contribution in [3.8, 4) is 5.75 Å². The smallest absolute Gasteiger partial charge is 0.258 e. The molecule has 0 bridgehead atoms. The number of ether oxygens (including phenoxy) is 2. The van der Waals surface area contributed by atoms with E-state index < -0.39 is 0 Å². The van der Waals surface area contributed by atoms with Gasteiger partial charge in [0, 0.05) is 23.7 Å². The molecule has 2 amide bonds. The Morgan fingerprint density at radius 2 is 2.00 bits per heavy atom. The van der Waals surface area contributed by atoms with E-state index in [1.165, 1.54) is 16.2 Å². The Kier molecular flexibility index (Phi) is 7.21. The molecule has 1 saturated heterocycles. The molecule has 4 rings (SSSR count). The summed E-state index contributed by atoms with van der Waals surface area (Å²) in [5, 5.41) is 9.71. The number of fused-ring (bicyclic) bond motifs is 1. The third-order valence-electron chi connectivity index (χ3n) is 5.51. The number of hydrogen-bond donors (Lipinski definition) is 3. The van der Waals surface area contributed by atoms with Crippen LogP contribution in [0.25, 0.3) is 0 Å². The van der Waals surface area contributed by atoms with Crippen LogP contribution in [0.5, 0.6) is 5.75 Å². The first-order valence-electron chi connectivity index (χ1n) is 10.9. The van der Waals surface area contributed by atoms with Gasteiger partial charge in [0.2, 0.25) is 5.91 Å². The highest BCUT2D eigenvalue weighted by Crippen LogP contribution is 2.39. The van der Waals surface area contributed by atoms with E-state index in [2.05, 4.69) is 16.0 Å². The van der Waals surface area contributed by atoms with Gasteiger partial charge in [0.25, 0.3) is 5.91 Å². The van der Waals surface area contributed by atoms with Crippen LogP contribution in [0.4, 0.5) is 10.7 Å². The largest absolute Gasteiger partial charge is 0.494 e. The van der Waals surface area contributed by atoms with Gasteiger partial charge in [-0.05, 0) is 68.9 Å². The van der Waals surface area contributed by atoms with Gasteiger partial charge in [-0.25, -0.2) is 0 Å². The molecule has 1 fully saturated rings. The molecule has 1 aromatic heterocycles. The maximum Gasteiger partial charge on any atom is 0.258 e. The molecule has 2 aromatic rings. The van der Waals surface area contributed by atoms with Gasteiger partial charge in [0.05, 0.1) is 24.8 Å². The first-order chi connectivity index (χ1) is 15.1. The lowest BCUT2D eigenvalue weighted by Gasteiger charge is -2.12. The predicted molar refractivity (Wildman–Crippen MR) is 122 cm³/mol. The van der Waals surface area contributed by atoms with Gasteiger partial charge in [-0.3, -0.25) is 9.59 Å². The maximum absolute atomic E-state index is 13.1. The summed E-state index contributed by atoms with van der Waals surface area (Å²) in [4.78, 5) is 26.8. The summed E-state index contributed by atoms with van der Waals surface area (Å²) >= 11 is 1.52. The second-order valence-corrected chi connectivity index (χ2v) is 8.89. The van der Waals surface area contributed by atoms with E-state index >= 15 is 0 Å². The number of hydrogen-bond acceptors (Lipinski definition) is 6. The van der Waals surface area contributed by atoms with Crippen molar-refractivity contribution in [2.75, 3.05) is 36.9 Å². The number of thiophene rings is 1. The summed E-state index contributed by atoms with van der Waals surface area (Å²) in [6, 6.07) is 7.31. The minimum absolute atomic E-state index is 0.145. The Morgan fingerprint density at radius 1 is 1.16 bits per heavy atom. The normalized spacial score (nSPS) is 17.4. The van der Waals surface area contributed by atoms with Crippen molar-refractivity contribution in [2.24, 2.45) is 0 Å². The molecule has 2 heterocycles. The molecule has 1 aliphatic heterocycles. The van der Waals surface area contributed by atoms with Gasteiger partial charge in [-0.15, -0.1) is 11.3 Å². The number of anilines is 2. The van der Waals surface area contributed by atoms with Gasteiger partial charge in [0.15, 0.2) is 0 Å². The van der Waals surface area contributed by atoms with Gasteiger partial charge in [-0.1, -0.05) is 0 Å². The zero-order valence-corrected chi connectivity index (χ0v) is 18.6. The number of rotatable bonds is 9. The summed E-state index contributed by atoms with van der Waals surface area (Å²) in [6.07, 6.45) is 5.16. The SMILES string of the molecule is CCOc1ccc(NC(=O)c2c(NC(=O)CNCC3CCCO3)sc3c2CCC3)cc1. The topological polar surface area (TPSA) is 88.7 Å². The minimum atomic E-state index is -0.189. The fourth-order valence-electron chi connectivity index (χ4n) is 4.05. The highest BCUT2D eigenvalue weighted by atomic mass is 32.1. The molecule has 0 spiro atoms. The summed E-state index contributed by atoms with van der Waals surface area (Å²) < 4.78 is 11.0. The fourth-order valence-corrected chi connectivity index (χ4v) is 5.35. The van der Waals surface area contributed by atoms with Crippen LogP contribution in [0.3, 0.4) is 0 Å². The first-order valence-corrected chi connectivity index (χ1v) is 11.8. The molecule has 1 unspecified atom stereocenters. The number of amides is 2. The van der Waals surface area contributed by atoms with Crippen molar-refractivity contribution >= 4 is 33.8 Å². The van der Waals surface area contributed by atoms with Crippen LogP contribution in [-0.4, -0.2) is 44.2 Å². The number of carbonyl (C=O) groups is 2. The third kappa shape index (κ3) is 5.44. The van der Waals surface area contributed by atoms with Crippen LogP contribution in [0, 0.1) is 0 Å². The minimum Gasteiger partial charge on any atom is -0.494 e. The Bertz CT molecular complexity index is 920. The van der Waals surface area contributed by atoms with E-state index in [1.54, 1.807) is 0 Å². The standard InChI is InChI=1S/C23H29N3O4S/c1-2-29-16-10-8-15(9-11-16)25-22(28)21-18-6-3-7-19(18)31-23(21)26-20(27)14-24-13-17-5-4-12-30-17/h8-11,17,24H,2-7,12-14H2,1H3,(H,25,28)(H,26,27). The van der Waals surface area contributed by atoms with E-state index in [0.717, 1.165) is 50.0 Å². The lowest BCUT2D eigenvalue weighted by atomic mass is 10.1. The molecule has 3 N–H and O–H groups in total. The molecular formula is C23H29N3O4S. The van der Waals surface area contributed by atoms with E-state index in [0.29, 0.717) is 29.4 Å². The van der Waals surface area contributed by atoms with Crippen LogP contribution >= 0.6 is 11.3 Å². The predicted octanol–water partition coefficient (Wildman–Crippen LogP) is 3.59. The van der Waals surface area contributed by atoms with Crippen molar-refractivity contribution in [2.45, 2.75) is 45.1 Å². The molecule has 31 heavy (non-hydrogen) atoms. The number of benzene rings is 1. The van der Waals surface area contributed by atoms with Crippen LogP contribution in [-0.2, 0) is 22.4 Å². The summed E-state index contributed by atoms with van der Waals surface area (Å²) in [7, 11) is 0. The van der Waals surface area contributed by atoms with Crippen LogP contribution in [0.2, 0.25) is 0 Å². The molecule has 1 aromatic carbocycles. The van der Waals surface area contributed by atoms with Crippen LogP contribution < -0.4 is 20.7 Å². The third-order valence-corrected chi connectivity index (χ3v) is 6.71. The van der Waals surface area contributed by atoms with Crippen molar-refractivity contribution in [1.29, 1.82) is 0 Å². The average Bonchev–Trinajstić information content (AvgIpc) is 3.47. The Balaban J connectivity index is 1.40. The second kappa shape index (κ2) is 10.3. The van der Waals surface area contributed by atoms with E-state index in [1.807, 2.05) is 31.2 Å². The average molecular weight is 444 g/mol. The molecular weight excluding hydrogens is 414 g/mol. The van der Waals surface area contributed by atoms with Gasteiger partial charge in [0.1, 0.15) is 10.8 Å².